The molecule has 276 valence electrons. The molecule has 2 N–H and O–H groups in total. The number of hydrogen-bond acceptors (Lipinski definition) is 4. The summed E-state index contributed by atoms with van der Waals surface area (Å²) in [5, 5.41) is 15.9. The van der Waals surface area contributed by atoms with Crippen LogP contribution in [0.4, 0.5) is 0 Å². The summed E-state index contributed by atoms with van der Waals surface area (Å²) in [5.41, 5.74) is 0.774. The molecule has 0 saturated heterocycles. The lowest BCUT2D eigenvalue weighted by Crippen LogP contribution is -2.55. The van der Waals surface area contributed by atoms with Gasteiger partial charge in [-0.25, -0.2) is 0 Å². The van der Waals surface area contributed by atoms with E-state index in [1.807, 2.05) is 0 Å². The third-order valence-corrected chi connectivity index (χ3v) is 25.1. The second-order valence-corrected chi connectivity index (χ2v) is 30.7. The van der Waals surface area contributed by atoms with Crippen molar-refractivity contribution in [1.82, 2.24) is 5.32 Å². The van der Waals surface area contributed by atoms with Gasteiger partial charge in [-0.1, -0.05) is 82.1 Å². The van der Waals surface area contributed by atoms with Gasteiger partial charge in [0.1, 0.15) is 0 Å². The van der Waals surface area contributed by atoms with Gasteiger partial charge < -0.3 is 19.3 Å². The standard InChI is InChI=1S/C41H81NO3Si2/c1-29(28-42-24-25-44-46(11,12)38(3,4)5)16-15-17-30(2)37-36(43)27-35-33-19-18-31-26-32(45-47(13,14)39(6,7)8)20-22-40(31,9)34(33)21-23-41(35,37)10/h29-37,42-43H,15-28H2,1-14H3/t29-,30-,31?,32+,33-,34+,35+,36+,37+,40+,41+/m1/s1. The molecule has 0 radical (unpaired) electrons. The Bertz CT molecular complexity index is 1020. The van der Waals surface area contributed by atoms with Crippen LogP contribution in [0.25, 0.3) is 0 Å². The molecule has 4 aliphatic rings. The summed E-state index contributed by atoms with van der Waals surface area (Å²) in [6, 6.07) is 0. The smallest absolute Gasteiger partial charge is 0.192 e. The van der Waals surface area contributed by atoms with Crippen LogP contribution < -0.4 is 5.32 Å². The van der Waals surface area contributed by atoms with Crippen LogP contribution in [0.15, 0.2) is 0 Å². The van der Waals surface area contributed by atoms with Crippen molar-refractivity contribution in [3.63, 3.8) is 0 Å². The molecule has 11 atom stereocenters. The van der Waals surface area contributed by atoms with Gasteiger partial charge in [0.15, 0.2) is 16.6 Å². The van der Waals surface area contributed by atoms with Crippen molar-refractivity contribution in [3.05, 3.63) is 0 Å². The molecule has 0 aliphatic heterocycles. The molecule has 0 bridgehead atoms. The third-order valence-electron chi connectivity index (χ3n) is 16.0. The van der Waals surface area contributed by atoms with E-state index in [0.717, 1.165) is 43.9 Å². The second-order valence-electron chi connectivity index (χ2n) is 21.1. The first kappa shape index (κ1) is 40.1. The Labute approximate surface area is 295 Å². The minimum Gasteiger partial charge on any atom is -0.416 e. The van der Waals surface area contributed by atoms with E-state index in [0.29, 0.717) is 40.6 Å². The zero-order chi connectivity index (χ0) is 35.2. The third kappa shape index (κ3) is 8.50. The van der Waals surface area contributed by atoms with Crippen LogP contribution in [0, 0.1) is 52.3 Å². The molecule has 4 saturated carbocycles. The monoisotopic (exact) mass is 692 g/mol. The van der Waals surface area contributed by atoms with E-state index in [2.05, 4.69) is 101 Å². The quantitative estimate of drug-likeness (QED) is 0.149. The lowest BCUT2D eigenvalue weighted by Gasteiger charge is -2.61. The van der Waals surface area contributed by atoms with Crippen LogP contribution in [-0.4, -0.2) is 53.6 Å². The Morgan fingerprint density at radius 2 is 1.45 bits per heavy atom. The average Bonchev–Trinajstić information content (AvgIpc) is 3.21. The number of aliphatic hydroxyl groups is 1. The molecule has 0 aromatic rings. The molecule has 4 fully saturated rings. The highest BCUT2D eigenvalue weighted by molar-refractivity contribution is 6.74. The van der Waals surface area contributed by atoms with Gasteiger partial charge in [-0.05, 0) is 153 Å². The predicted octanol–water partition coefficient (Wildman–Crippen LogP) is 11.1. The maximum atomic E-state index is 11.7. The molecule has 0 aromatic heterocycles. The maximum Gasteiger partial charge on any atom is 0.192 e. The largest absolute Gasteiger partial charge is 0.416 e. The van der Waals surface area contributed by atoms with Crippen molar-refractivity contribution in [2.45, 2.75) is 188 Å². The average molecular weight is 692 g/mol. The molecule has 0 amide bonds. The lowest BCUT2D eigenvalue weighted by atomic mass is 9.44. The SMILES string of the molecule is C[C@H](CCC[C@@H](C)[C@H]1[C@@H](O)C[C@H]2[C@@H]3CCC4C[C@@H](O[Si](C)(C)C(C)(C)C)CC[C@]4(C)[C@H]3CC[C@]12C)CNCCO[Si](C)(C)C(C)(C)C. The summed E-state index contributed by atoms with van der Waals surface area (Å²) in [4.78, 5) is 0. The highest BCUT2D eigenvalue weighted by Gasteiger charge is 2.63. The Kier molecular flexibility index (Phi) is 12.5. The Morgan fingerprint density at radius 1 is 0.809 bits per heavy atom. The van der Waals surface area contributed by atoms with Gasteiger partial charge >= 0.3 is 0 Å². The van der Waals surface area contributed by atoms with Crippen molar-refractivity contribution >= 4 is 16.6 Å². The van der Waals surface area contributed by atoms with E-state index in [-0.39, 0.29) is 16.2 Å². The zero-order valence-corrected chi connectivity index (χ0v) is 35.9. The van der Waals surface area contributed by atoms with Crippen molar-refractivity contribution in [1.29, 1.82) is 0 Å². The van der Waals surface area contributed by atoms with Crippen LogP contribution in [0.1, 0.15) is 140 Å². The van der Waals surface area contributed by atoms with Crippen LogP contribution in [-0.2, 0) is 8.85 Å². The van der Waals surface area contributed by atoms with Crippen LogP contribution in [0.2, 0.25) is 36.3 Å². The molecule has 0 aromatic carbocycles. The van der Waals surface area contributed by atoms with Gasteiger partial charge in [0.2, 0.25) is 0 Å². The molecular formula is C41H81NO3Si2. The van der Waals surface area contributed by atoms with Crippen molar-refractivity contribution < 1.29 is 14.0 Å². The normalized spacial score (nSPS) is 38.0. The van der Waals surface area contributed by atoms with E-state index in [9.17, 15) is 5.11 Å². The summed E-state index contributed by atoms with van der Waals surface area (Å²) in [5.74, 6) is 4.93. The highest BCUT2D eigenvalue weighted by Crippen LogP contribution is 2.68. The number of hydrogen-bond donors (Lipinski definition) is 2. The first-order valence-electron chi connectivity index (χ1n) is 20.2. The van der Waals surface area contributed by atoms with Crippen molar-refractivity contribution in [2.75, 3.05) is 19.7 Å². The Hall–Kier alpha value is 0.274. The lowest BCUT2D eigenvalue weighted by molar-refractivity contribution is -0.128. The minimum absolute atomic E-state index is 0.113. The number of nitrogens with one attached hydrogen (secondary N) is 1. The fourth-order valence-electron chi connectivity index (χ4n) is 11.0. The summed E-state index contributed by atoms with van der Waals surface area (Å²) in [7, 11) is -3.39. The van der Waals surface area contributed by atoms with Gasteiger partial charge in [0, 0.05) is 19.3 Å². The topological polar surface area (TPSA) is 50.7 Å². The Balaban J connectivity index is 1.26. The summed E-state index contributed by atoms with van der Waals surface area (Å²) in [6.45, 7) is 36.7. The second kappa shape index (κ2) is 14.7. The van der Waals surface area contributed by atoms with Crippen LogP contribution in [0.3, 0.4) is 0 Å². The fourth-order valence-corrected chi connectivity index (χ4v) is 13.5. The van der Waals surface area contributed by atoms with Crippen molar-refractivity contribution in [2.24, 2.45) is 52.3 Å². The van der Waals surface area contributed by atoms with E-state index >= 15 is 0 Å². The van der Waals surface area contributed by atoms with Crippen LogP contribution in [0.5, 0.6) is 0 Å². The van der Waals surface area contributed by atoms with E-state index in [1.54, 1.807) is 0 Å². The van der Waals surface area contributed by atoms with E-state index < -0.39 is 16.6 Å². The van der Waals surface area contributed by atoms with E-state index in [1.165, 1.54) is 64.2 Å². The number of fused-ring (bicyclic) bond motifs is 5. The molecule has 47 heavy (non-hydrogen) atoms. The zero-order valence-electron chi connectivity index (χ0n) is 33.9. The number of aliphatic hydroxyl groups excluding tert-OH is 1. The molecule has 0 spiro atoms. The minimum atomic E-state index is -1.73. The molecule has 4 nitrogen and oxygen atoms in total. The summed E-state index contributed by atoms with van der Waals surface area (Å²) < 4.78 is 13.4. The fraction of sp³-hybridized carbons (Fsp3) is 1.00. The Morgan fingerprint density at radius 3 is 2.09 bits per heavy atom. The van der Waals surface area contributed by atoms with E-state index in [4.69, 9.17) is 8.85 Å². The summed E-state index contributed by atoms with van der Waals surface area (Å²) >= 11 is 0. The molecule has 6 heteroatoms. The van der Waals surface area contributed by atoms with Crippen molar-refractivity contribution in [3.8, 4) is 0 Å². The van der Waals surface area contributed by atoms with Gasteiger partial charge in [-0.15, -0.1) is 0 Å². The molecule has 4 aliphatic carbocycles. The predicted molar refractivity (Wildman–Crippen MR) is 207 cm³/mol. The first-order valence-corrected chi connectivity index (χ1v) is 26.1. The molecule has 4 rings (SSSR count). The first-order chi connectivity index (χ1) is 21.5. The van der Waals surface area contributed by atoms with Gasteiger partial charge in [0.25, 0.3) is 0 Å². The molecular weight excluding hydrogens is 611 g/mol. The highest BCUT2D eigenvalue weighted by atomic mass is 28.4. The van der Waals surface area contributed by atoms with Crippen LogP contribution >= 0.6 is 0 Å². The number of rotatable bonds is 13. The van der Waals surface area contributed by atoms with Gasteiger partial charge in [-0.3, -0.25) is 0 Å². The van der Waals surface area contributed by atoms with Gasteiger partial charge in [0.05, 0.1) is 6.10 Å². The molecule has 0 heterocycles. The maximum absolute atomic E-state index is 11.7. The van der Waals surface area contributed by atoms with Gasteiger partial charge in [-0.2, -0.15) is 0 Å². The summed E-state index contributed by atoms with van der Waals surface area (Å²) in [6.07, 6.45) is 14.6. The molecule has 1 unspecified atom stereocenters.